The van der Waals surface area contributed by atoms with Crippen molar-refractivity contribution in [2.24, 2.45) is 5.41 Å². The Balaban J connectivity index is 2.00. The zero-order valence-corrected chi connectivity index (χ0v) is 14.7. The van der Waals surface area contributed by atoms with E-state index < -0.39 is 0 Å². The summed E-state index contributed by atoms with van der Waals surface area (Å²) in [6.07, 6.45) is 4.40. The Morgan fingerprint density at radius 1 is 1.10 bits per heavy atom. The van der Waals surface area contributed by atoms with E-state index in [1.54, 1.807) is 6.07 Å². The Labute approximate surface area is 140 Å². The lowest BCUT2D eigenvalue weighted by molar-refractivity contribution is 0.313. The fraction of sp³-hybridized carbons (Fsp3) is 0.600. The van der Waals surface area contributed by atoms with Crippen LogP contribution >= 0.6 is 46.4 Å². The van der Waals surface area contributed by atoms with E-state index in [9.17, 15) is 0 Å². The predicted octanol–water partition coefficient (Wildman–Crippen LogP) is 6.01. The molecule has 0 bridgehead atoms. The molecule has 1 fully saturated rings. The van der Waals surface area contributed by atoms with E-state index in [4.69, 9.17) is 46.4 Å². The Hall–Kier alpha value is 0.340. The zero-order valence-electron chi connectivity index (χ0n) is 11.7. The predicted molar refractivity (Wildman–Crippen MR) is 89.6 cm³/mol. The monoisotopic (exact) mass is 353 g/mol. The molecular weight excluding hydrogens is 336 g/mol. The van der Waals surface area contributed by atoms with Crippen molar-refractivity contribution in [3.05, 3.63) is 31.7 Å². The van der Waals surface area contributed by atoms with Gasteiger partial charge in [0, 0.05) is 17.6 Å². The van der Waals surface area contributed by atoms with Gasteiger partial charge in [-0.3, -0.25) is 0 Å². The van der Waals surface area contributed by atoms with E-state index in [0.717, 1.165) is 31.0 Å². The van der Waals surface area contributed by atoms with E-state index in [0.29, 0.717) is 20.1 Å². The van der Waals surface area contributed by atoms with Gasteiger partial charge >= 0.3 is 0 Å². The fourth-order valence-corrected chi connectivity index (χ4v) is 3.21. The lowest BCUT2D eigenvalue weighted by Gasteiger charge is -2.25. The number of nitrogens with one attached hydrogen (secondary N) is 1. The molecule has 5 heteroatoms. The Bertz CT molecular complexity index is 495. The maximum atomic E-state index is 6.25. The molecule has 0 atom stereocenters. The van der Waals surface area contributed by atoms with Gasteiger partial charge in [-0.05, 0) is 42.7 Å². The summed E-state index contributed by atoms with van der Waals surface area (Å²) in [5.74, 6) is 0. The minimum absolute atomic E-state index is 0.196. The molecule has 1 aliphatic carbocycles. The molecule has 0 amide bonds. The summed E-state index contributed by atoms with van der Waals surface area (Å²) in [7, 11) is 0. The minimum Gasteiger partial charge on any atom is -0.313 e. The van der Waals surface area contributed by atoms with Crippen LogP contribution in [-0.2, 0) is 6.42 Å². The first-order valence-electron chi connectivity index (χ1n) is 6.85. The number of benzene rings is 1. The smallest absolute Gasteiger partial charge is 0.0782 e. The standard InChI is InChI=1S/C15H19Cl4N/c1-15(2,8-20-9-3-4-9)6-5-10-11(16)7-12(17)14(19)13(10)18/h7,9,20H,3-6,8H2,1-2H3. The number of hydrogen-bond acceptors (Lipinski definition) is 1. The second-order valence-electron chi connectivity index (χ2n) is 6.27. The maximum Gasteiger partial charge on any atom is 0.0782 e. The van der Waals surface area contributed by atoms with Crippen LogP contribution in [-0.4, -0.2) is 12.6 Å². The molecule has 2 rings (SSSR count). The third-order valence-electron chi connectivity index (χ3n) is 3.71. The summed E-state index contributed by atoms with van der Waals surface area (Å²) in [6, 6.07) is 2.40. The largest absolute Gasteiger partial charge is 0.313 e. The van der Waals surface area contributed by atoms with Crippen molar-refractivity contribution in [1.29, 1.82) is 0 Å². The third kappa shape index (κ3) is 4.42. The lowest BCUT2D eigenvalue weighted by atomic mass is 9.86. The Morgan fingerprint density at radius 3 is 2.35 bits per heavy atom. The van der Waals surface area contributed by atoms with Crippen LogP contribution in [0.5, 0.6) is 0 Å². The second-order valence-corrected chi connectivity index (χ2v) is 7.84. The fourth-order valence-electron chi connectivity index (χ4n) is 2.09. The molecule has 0 heterocycles. The molecule has 112 valence electrons. The van der Waals surface area contributed by atoms with Gasteiger partial charge in [-0.2, -0.15) is 0 Å². The summed E-state index contributed by atoms with van der Waals surface area (Å²) in [5, 5.41) is 5.44. The molecule has 1 nitrogen and oxygen atoms in total. The van der Waals surface area contributed by atoms with E-state index in [1.807, 2.05) is 0 Å². The highest BCUT2D eigenvalue weighted by atomic mass is 35.5. The van der Waals surface area contributed by atoms with E-state index in [1.165, 1.54) is 12.8 Å². The molecule has 0 aliphatic heterocycles. The van der Waals surface area contributed by atoms with Gasteiger partial charge in [-0.1, -0.05) is 60.3 Å². The Morgan fingerprint density at radius 2 is 1.75 bits per heavy atom. The average molecular weight is 355 g/mol. The molecule has 1 N–H and O–H groups in total. The molecule has 1 saturated carbocycles. The van der Waals surface area contributed by atoms with E-state index >= 15 is 0 Å². The summed E-state index contributed by atoms with van der Waals surface area (Å²) >= 11 is 24.5. The third-order valence-corrected chi connectivity index (χ3v) is 5.35. The first kappa shape index (κ1) is 16.7. The highest BCUT2D eigenvalue weighted by molar-refractivity contribution is 6.49. The quantitative estimate of drug-likeness (QED) is 0.487. The van der Waals surface area contributed by atoms with Crippen molar-refractivity contribution in [3.8, 4) is 0 Å². The van der Waals surface area contributed by atoms with Gasteiger partial charge in [0.2, 0.25) is 0 Å². The molecule has 0 saturated heterocycles. The number of rotatable bonds is 6. The lowest BCUT2D eigenvalue weighted by Crippen LogP contribution is -2.31. The topological polar surface area (TPSA) is 12.0 Å². The SMILES string of the molecule is CC(C)(CCc1c(Cl)cc(Cl)c(Cl)c1Cl)CNC1CC1. The molecular formula is C15H19Cl4N. The van der Waals surface area contributed by atoms with Gasteiger partial charge in [0.1, 0.15) is 0 Å². The van der Waals surface area contributed by atoms with Gasteiger partial charge < -0.3 is 5.32 Å². The van der Waals surface area contributed by atoms with Crippen LogP contribution in [0.4, 0.5) is 0 Å². The van der Waals surface area contributed by atoms with Crippen molar-refractivity contribution in [2.75, 3.05) is 6.54 Å². The summed E-state index contributed by atoms with van der Waals surface area (Å²) in [4.78, 5) is 0. The van der Waals surface area contributed by atoms with Crippen LogP contribution in [0.15, 0.2) is 6.07 Å². The summed E-state index contributed by atoms with van der Waals surface area (Å²) in [6.45, 7) is 5.51. The summed E-state index contributed by atoms with van der Waals surface area (Å²) < 4.78 is 0. The molecule has 1 aromatic carbocycles. The van der Waals surface area contributed by atoms with E-state index in [2.05, 4.69) is 19.2 Å². The summed E-state index contributed by atoms with van der Waals surface area (Å²) in [5.41, 5.74) is 1.09. The van der Waals surface area contributed by atoms with Crippen LogP contribution in [0, 0.1) is 5.41 Å². The van der Waals surface area contributed by atoms with Crippen LogP contribution < -0.4 is 5.32 Å². The first-order valence-corrected chi connectivity index (χ1v) is 8.36. The van der Waals surface area contributed by atoms with Gasteiger partial charge in [0.05, 0.1) is 15.1 Å². The first-order chi connectivity index (χ1) is 9.30. The van der Waals surface area contributed by atoms with Gasteiger partial charge in [0.25, 0.3) is 0 Å². The van der Waals surface area contributed by atoms with Crippen LogP contribution in [0.25, 0.3) is 0 Å². The normalized spacial score (nSPS) is 15.7. The molecule has 0 spiro atoms. The van der Waals surface area contributed by atoms with Crippen LogP contribution in [0.1, 0.15) is 38.7 Å². The highest BCUT2D eigenvalue weighted by Crippen LogP contribution is 2.39. The number of halogens is 4. The minimum atomic E-state index is 0.196. The van der Waals surface area contributed by atoms with Crippen LogP contribution in [0.3, 0.4) is 0 Å². The maximum absolute atomic E-state index is 6.25. The van der Waals surface area contributed by atoms with Crippen molar-refractivity contribution < 1.29 is 0 Å². The molecule has 20 heavy (non-hydrogen) atoms. The number of hydrogen-bond donors (Lipinski definition) is 1. The molecule has 1 aromatic rings. The molecule has 0 unspecified atom stereocenters. The van der Waals surface area contributed by atoms with Crippen molar-refractivity contribution in [2.45, 2.75) is 45.6 Å². The molecule has 0 aromatic heterocycles. The van der Waals surface area contributed by atoms with Crippen LogP contribution in [0.2, 0.25) is 20.1 Å². The molecule has 1 aliphatic rings. The van der Waals surface area contributed by atoms with Gasteiger partial charge in [-0.25, -0.2) is 0 Å². The Kier molecular flexibility index (Phi) is 5.53. The van der Waals surface area contributed by atoms with Gasteiger partial charge in [-0.15, -0.1) is 0 Å². The average Bonchev–Trinajstić information content (AvgIpc) is 3.17. The van der Waals surface area contributed by atoms with Crippen molar-refractivity contribution >= 4 is 46.4 Å². The second kappa shape index (κ2) is 6.62. The van der Waals surface area contributed by atoms with Gasteiger partial charge in [0.15, 0.2) is 0 Å². The van der Waals surface area contributed by atoms with Crippen molar-refractivity contribution in [1.82, 2.24) is 5.32 Å². The zero-order chi connectivity index (χ0) is 14.9. The van der Waals surface area contributed by atoms with E-state index in [-0.39, 0.29) is 5.41 Å². The highest BCUT2D eigenvalue weighted by Gasteiger charge is 2.25. The van der Waals surface area contributed by atoms with Crippen molar-refractivity contribution in [3.63, 3.8) is 0 Å². The molecule has 0 radical (unpaired) electrons.